The Kier molecular flexibility index (Phi) is 6.25. The van der Waals surface area contributed by atoms with Gasteiger partial charge in [0, 0.05) is 12.3 Å². The molecule has 0 aliphatic rings. The van der Waals surface area contributed by atoms with Crippen molar-refractivity contribution in [2.24, 2.45) is 0 Å². The highest BCUT2D eigenvalue weighted by Crippen LogP contribution is 2.38. The van der Waals surface area contributed by atoms with Gasteiger partial charge in [-0.25, -0.2) is 0 Å². The van der Waals surface area contributed by atoms with Crippen molar-refractivity contribution in [3.63, 3.8) is 0 Å². The van der Waals surface area contributed by atoms with Crippen LogP contribution in [0.15, 0.2) is 140 Å². The Morgan fingerprint density at radius 1 is 0.595 bits per heavy atom. The van der Waals surface area contributed by atoms with Gasteiger partial charge in [0.1, 0.15) is 11.5 Å². The average Bonchev–Trinajstić information content (AvgIpc) is 3.51. The number of rotatable bonds is 7. The summed E-state index contributed by atoms with van der Waals surface area (Å²) in [7, 11) is 0. The molecule has 0 spiro atoms. The van der Waals surface area contributed by atoms with E-state index in [-0.39, 0.29) is 5.92 Å². The molecular weight excluding hydrogens is 456 g/mol. The van der Waals surface area contributed by atoms with E-state index in [0.29, 0.717) is 5.75 Å². The molecule has 0 saturated heterocycles. The quantitative estimate of drug-likeness (QED) is 0.241. The van der Waals surface area contributed by atoms with Crippen molar-refractivity contribution < 1.29 is 4.74 Å². The number of aromatic nitrogens is 4. The third-order valence-electron chi connectivity index (χ3n) is 6.23. The van der Waals surface area contributed by atoms with Gasteiger partial charge in [-0.3, -0.25) is 4.98 Å². The van der Waals surface area contributed by atoms with Crippen LogP contribution >= 0.6 is 0 Å². The van der Waals surface area contributed by atoms with Crippen LogP contribution < -0.4 is 4.74 Å². The van der Waals surface area contributed by atoms with Crippen LogP contribution in [0.4, 0.5) is 0 Å². The lowest BCUT2D eigenvalue weighted by atomic mass is 9.83. The fourth-order valence-corrected chi connectivity index (χ4v) is 4.60. The third-order valence-corrected chi connectivity index (χ3v) is 6.23. The molecule has 0 amide bonds. The van der Waals surface area contributed by atoms with Gasteiger partial charge in [-0.2, -0.15) is 15.0 Å². The van der Waals surface area contributed by atoms with E-state index < -0.39 is 0 Å². The predicted octanol–water partition coefficient (Wildman–Crippen LogP) is 7.30. The zero-order chi connectivity index (χ0) is 24.9. The smallest absolute Gasteiger partial charge is 0.129 e. The van der Waals surface area contributed by atoms with E-state index in [4.69, 9.17) is 9.72 Å². The summed E-state index contributed by atoms with van der Waals surface area (Å²) in [5.74, 6) is 1.40. The van der Waals surface area contributed by atoms with Crippen molar-refractivity contribution in [1.82, 2.24) is 20.0 Å². The van der Waals surface area contributed by atoms with Crippen LogP contribution in [-0.2, 0) is 0 Å². The molecule has 0 radical (unpaired) electrons. The summed E-state index contributed by atoms with van der Waals surface area (Å²) in [5, 5.41) is 8.43. The van der Waals surface area contributed by atoms with Crippen LogP contribution in [0.1, 0.15) is 22.7 Å². The van der Waals surface area contributed by atoms with Crippen LogP contribution in [0.3, 0.4) is 0 Å². The minimum atomic E-state index is -0.0687. The van der Waals surface area contributed by atoms with Gasteiger partial charge in [0.15, 0.2) is 0 Å². The van der Waals surface area contributed by atoms with Gasteiger partial charge in [0.05, 0.1) is 29.7 Å². The van der Waals surface area contributed by atoms with Crippen molar-refractivity contribution >= 4 is 0 Å². The topological polar surface area (TPSA) is 52.8 Å². The highest BCUT2D eigenvalue weighted by Gasteiger charge is 2.22. The largest absolute Gasteiger partial charge is 0.457 e. The number of pyridine rings is 1. The van der Waals surface area contributed by atoms with Crippen molar-refractivity contribution in [2.75, 3.05) is 0 Å². The highest BCUT2D eigenvalue weighted by atomic mass is 16.5. The number of ether oxygens (including phenoxy) is 1. The Labute approximate surface area is 215 Å². The molecule has 0 aliphatic carbocycles. The number of nitrogens with zero attached hydrogens (tertiary/aromatic N) is 4. The van der Waals surface area contributed by atoms with Gasteiger partial charge < -0.3 is 4.74 Å². The van der Waals surface area contributed by atoms with Gasteiger partial charge in [-0.1, -0.05) is 78.9 Å². The lowest BCUT2D eigenvalue weighted by molar-refractivity contribution is 0.481. The predicted molar refractivity (Wildman–Crippen MR) is 145 cm³/mol. The molecule has 37 heavy (non-hydrogen) atoms. The van der Waals surface area contributed by atoms with Gasteiger partial charge in [0.2, 0.25) is 0 Å². The van der Waals surface area contributed by atoms with Crippen molar-refractivity contribution in [3.05, 3.63) is 157 Å². The number of benzene rings is 4. The summed E-state index contributed by atoms with van der Waals surface area (Å²) in [6.07, 6.45) is 5.16. The number of hydrogen-bond acceptors (Lipinski definition) is 4. The first-order valence-corrected chi connectivity index (χ1v) is 12.1. The van der Waals surface area contributed by atoms with Crippen LogP contribution in [0.5, 0.6) is 11.5 Å². The molecule has 2 aromatic heterocycles. The van der Waals surface area contributed by atoms with E-state index in [1.54, 1.807) is 17.2 Å². The molecule has 6 rings (SSSR count). The second-order valence-corrected chi connectivity index (χ2v) is 8.63. The van der Waals surface area contributed by atoms with Gasteiger partial charge >= 0.3 is 0 Å². The molecule has 2 heterocycles. The van der Waals surface area contributed by atoms with E-state index in [2.05, 4.69) is 76.9 Å². The molecular formula is C32H24N4O. The first-order chi connectivity index (χ1) is 18.3. The molecule has 1 atom stereocenters. The van der Waals surface area contributed by atoms with Crippen molar-refractivity contribution in [1.29, 1.82) is 0 Å². The molecule has 0 bridgehead atoms. The summed E-state index contributed by atoms with van der Waals surface area (Å²) < 4.78 is 6.31. The molecule has 4 aromatic carbocycles. The second-order valence-electron chi connectivity index (χ2n) is 8.63. The maximum absolute atomic E-state index is 6.31. The Morgan fingerprint density at radius 2 is 1.32 bits per heavy atom. The Hall–Kier alpha value is -5.03. The highest BCUT2D eigenvalue weighted by molar-refractivity contribution is 5.70. The summed E-state index contributed by atoms with van der Waals surface area (Å²) in [5.41, 5.74) is 6.47. The monoisotopic (exact) mass is 480 g/mol. The average molecular weight is 481 g/mol. The van der Waals surface area contributed by atoms with Crippen LogP contribution in [0, 0.1) is 0 Å². The minimum Gasteiger partial charge on any atom is -0.457 e. The number of hydrogen-bond donors (Lipinski definition) is 0. The van der Waals surface area contributed by atoms with E-state index in [1.165, 1.54) is 16.7 Å². The van der Waals surface area contributed by atoms with Crippen molar-refractivity contribution in [3.8, 4) is 28.3 Å². The molecule has 5 heteroatoms. The molecule has 0 aliphatic heterocycles. The lowest BCUT2D eigenvalue weighted by Crippen LogP contribution is -2.07. The SMILES string of the molecule is c1ccc(-c2ccccc2[C@H](c2cccc(Oc3cccc(-n4nccn4)c3)c2)c2ccccn2)cc1. The molecule has 0 unspecified atom stereocenters. The summed E-state index contributed by atoms with van der Waals surface area (Å²) in [6.45, 7) is 0. The third kappa shape index (κ3) is 4.88. The standard InChI is InChI=1S/C32H24N4O/c1-2-10-24(11-3-1)29-16-4-5-17-30(29)32(31-18-6-7-19-33-31)25-12-8-14-27(22-25)37-28-15-9-13-26(23-28)36-34-20-21-35-36/h1-23,32H/t32-/m0/s1. The first kappa shape index (κ1) is 22.4. The van der Waals surface area contributed by atoms with Crippen LogP contribution in [0.2, 0.25) is 0 Å². The summed E-state index contributed by atoms with van der Waals surface area (Å²) in [4.78, 5) is 6.33. The molecule has 6 aromatic rings. The Balaban J connectivity index is 1.41. The Morgan fingerprint density at radius 3 is 2.14 bits per heavy atom. The maximum Gasteiger partial charge on any atom is 0.129 e. The lowest BCUT2D eigenvalue weighted by Gasteiger charge is -2.22. The zero-order valence-corrected chi connectivity index (χ0v) is 20.1. The normalized spacial score (nSPS) is 11.7. The van der Waals surface area contributed by atoms with E-state index >= 15 is 0 Å². The van der Waals surface area contributed by atoms with E-state index in [0.717, 1.165) is 22.7 Å². The molecule has 0 fully saturated rings. The maximum atomic E-state index is 6.31. The zero-order valence-electron chi connectivity index (χ0n) is 20.1. The summed E-state index contributed by atoms with van der Waals surface area (Å²) >= 11 is 0. The molecule has 178 valence electrons. The van der Waals surface area contributed by atoms with Gasteiger partial charge in [0.25, 0.3) is 0 Å². The second kappa shape index (κ2) is 10.3. The first-order valence-electron chi connectivity index (χ1n) is 12.1. The van der Waals surface area contributed by atoms with E-state index in [1.807, 2.05) is 60.8 Å². The molecule has 0 saturated carbocycles. The minimum absolute atomic E-state index is 0.0687. The fourth-order valence-electron chi connectivity index (χ4n) is 4.60. The van der Waals surface area contributed by atoms with E-state index in [9.17, 15) is 0 Å². The molecule has 0 N–H and O–H groups in total. The van der Waals surface area contributed by atoms with Gasteiger partial charge in [-0.05, 0) is 58.7 Å². The summed E-state index contributed by atoms with van der Waals surface area (Å²) in [6, 6.07) is 41.1. The Bertz CT molecular complexity index is 1600. The van der Waals surface area contributed by atoms with Crippen LogP contribution in [-0.4, -0.2) is 20.0 Å². The fraction of sp³-hybridized carbons (Fsp3) is 0.0312. The van der Waals surface area contributed by atoms with Gasteiger partial charge in [-0.15, -0.1) is 0 Å². The molecule has 5 nitrogen and oxygen atoms in total. The van der Waals surface area contributed by atoms with Crippen molar-refractivity contribution in [2.45, 2.75) is 5.92 Å². The van der Waals surface area contributed by atoms with Crippen LogP contribution in [0.25, 0.3) is 16.8 Å².